The molecule has 0 unspecified atom stereocenters. The molecule has 1 N–H and O–H groups in total. The van der Waals surface area contributed by atoms with Gasteiger partial charge in [0.05, 0.1) is 7.11 Å². The van der Waals surface area contributed by atoms with Crippen LogP contribution in [-0.4, -0.2) is 25.7 Å². The van der Waals surface area contributed by atoms with Crippen molar-refractivity contribution in [3.8, 4) is 0 Å². The molecular formula is C16H17NO2. The summed E-state index contributed by atoms with van der Waals surface area (Å²) in [6.07, 6.45) is 0.970. The highest BCUT2D eigenvalue weighted by molar-refractivity contribution is 5.84. The van der Waals surface area contributed by atoms with Crippen LogP contribution in [0.1, 0.15) is 17.9 Å². The fourth-order valence-corrected chi connectivity index (χ4v) is 2.88. The molecule has 0 bridgehead atoms. The summed E-state index contributed by atoms with van der Waals surface area (Å²) >= 11 is 0. The summed E-state index contributed by atoms with van der Waals surface area (Å²) in [7, 11) is 1.44. The topological polar surface area (TPSA) is 38.3 Å². The zero-order valence-corrected chi connectivity index (χ0v) is 10.9. The molecule has 2 atom stereocenters. The maximum Gasteiger partial charge on any atom is 0.323 e. The van der Waals surface area contributed by atoms with Gasteiger partial charge in [-0.25, -0.2) is 0 Å². The van der Waals surface area contributed by atoms with E-state index in [1.165, 1.54) is 23.4 Å². The van der Waals surface area contributed by atoms with E-state index in [1.807, 2.05) is 12.1 Å². The van der Waals surface area contributed by atoms with Gasteiger partial charge < -0.3 is 10.1 Å². The third-order valence-corrected chi connectivity index (χ3v) is 3.88. The van der Waals surface area contributed by atoms with Crippen LogP contribution >= 0.6 is 0 Å². The highest BCUT2D eigenvalue weighted by Gasteiger charge is 2.34. The number of hydrogen-bond acceptors (Lipinski definition) is 3. The average Bonchev–Trinajstić information content (AvgIpc) is 2.95. The van der Waals surface area contributed by atoms with E-state index < -0.39 is 0 Å². The molecule has 0 aliphatic carbocycles. The van der Waals surface area contributed by atoms with Crippen LogP contribution in [0.2, 0.25) is 0 Å². The molecule has 3 nitrogen and oxygen atoms in total. The van der Waals surface area contributed by atoms with E-state index in [4.69, 9.17) is 4.74 Å². The van der Waals surface area contributed by atoms with Gasteiger partial charge in [-0.2, -0.15) is 0 Å². The quantitative estimate of drug-likeness (QED) is 0.838. The van der Waals surface area contributed by atoms with Crippen LogP contribution < -0.4 is 5.32 Å². The van der Waals surface area contributed by atoms with Gasteiger partial charge in [-0.1, -0.05) is 42.5 Å². The summed E-state index contributed by atoms with van der Waals surface area (Å²) in [6.45, 7) is 0.858. The number of methoxy groups -OCH3 is 1. The fraction of sp³-hybridized carbons (Fsp3) is 0.312. The van der Waals surface area contributed by atoms with Crippen molar-refractivity contribution < 1.29 is 9.53 Å². The van der Waals surface area contributed by atoms with Gasteiger partial charge in [0.1, 0.15) is 6.04 Å². The number of ether oxygens (including phenoxy) is 1. The Hall–Kier alpha value is -1.87. The summed E-state index contributed by atoms with van der Waals surface area (Å²) in [5, 5.41) is 5.68. The van der Waals surface area contributed by atoms with Gasteiger partial charge in [-0.15, -0.1) is 0 Å². The summed E-state index contributed by atoms with van der Waals surface area (Å²) < 4.78 is 4.87. The number of benzene rings is 2. The van der Waals surface area contributed by atoms with Crippen LogP contribution in [0.5, 0.6) is 0 Å². The third kappa shape index (κ3) is 2.22. The van der Waals surface area contributed by atoms with Gasteiger partial charge in [0.2, 0.25) is 0 Å². The van der Waals surface area contributed by atoms with Gasteiger partial charge in [0.25, 0.3) is 0 Å². The SMILES string of the molecule is COC(=O)[C@H]1NCC[C@@H]1c1ccc2ccccc2c1. The van der Waals surface area contributed by atoms with Crippen molar-refractivity contribution in [1.29, 1.82) is 0 Å². The molecule has 0 amide bonds. The lowest BCUT2D eigenvalue weighted by atomic mass is 9.90. The Morgan fingerprint density at radius 3 is 2.79 bits per heavy atom. The van der Waals surface area contributed by atoms with Crippen LogP contribution in [0.25, 0.3) is 10.8 Å². The van der Waals surface area contributed by atoms with Gasteiger partial charge in [0, 0.05) is 5.92 Å². The number of carbonyl (C=O) groups excluding carboxylic acids is 1. The standard InChI is InChI=1S/C16H17NO2/c1-19-16(18)15-14(8-9-17-15)13-7-6-11-4-2-3-5-12(11)10-13/h2-7,10,14-15,17H,8-9H2,1H3/t14-,15+/m1/s1. The zero-order valence-electron chi connectivity index (χ0n) is 10.9. The van der Waals surface area contributed by atoms with Crippen molar-refractivity contribution >= 4 is 16.7 Å². The van der Waals surface area contributed by atoms with E-state index in [0.29, 0.717) is 0 Å². The Balaban J connectivity index is 1.96. The maximum atomic E-state index is 11.8. The summed E-state index contributed by atoms with van der Waals surface area (Å²) in [6, 6.07) is 14.5. The molecule has 3 rings (SSSR count). The molecule has 1 fully saturated rings. The smallest absolute Gasteiger partial charge is 0.323 e. The fourth-order valence-electron chi connectivity index (χ4n) is 2.88. The van der Waals surface area contributed by atoms with Crippen molar-refractivity contribution in [2.45, 2.75) is 18.4 Å². The van der Waals surface area contributed by atoms with E-state index in [2.05, 4.69) is 35.6 Å². The monoisotopic (exact) mass is 255 g/mol. The Morgan fingerprint density at radius 2 is 2.00 bits per heavy atom. The second-order valence-corrected chi connectivity index (χ2v) is 4.96. The Labute approximate surface area is 112 Å². The van der Waals surface area contributed by atoms with Crippen molar-refractivity contribution in [2.75, 3.05) is 13.7 Å². The first-order valence-electron chi connectivity index (χ1n) is 6.59. The van der Waals surface area contributed by atoms with Crippen LogP contribution in [0.15, 0.2) is 42.5 Å². The second kappa shape index (κ2) is 5.02. The van der Waals surface area contributed by atoms with Crippen molar-refractivity contribution in [2.24, 2.45) is 0 Å². The minimum Gasteiger partial charge on any atom is -0.468 e. The third-order valence-electron chi connectivity index (χ3n) is 3.88. The van der Waals surface area contributed by atoms with Crippen LogP contribution in [0, 0.1) is 0 Å². The molecule has 0 saturated carbocycles. The highest BCUT2D eigenvalue weighted by Crippen LogP contribution is 2.30. The Bertz CT molecular complexity index is 608. The summed E-state index contributed by atoms with van der Waals surface area (Å²) in [5.74, 6) is 0.0349. The minimum absolute atomic E-state index is 0.171. The number of nitrogens with one attached hydrogen (secondary N) is 1. The number of hydrogen-bond donors (Lipinski definition) is 1. The normalized spacial score (nSPS) is 22.6. The maximum absolute atomic E-state index is 11.8. The number of rotatable bonds is 2. The molecule has 0 spiro atoms. The molecule has 1 aliphatic rings. The average molecular weight is 255 g/mol. The lowest BCUT2D eigenvalue weighted by Crippen LogP contribution is -2.35. The molecular weight excluding hydrogens is 238 g/mol. The first kappa shape index (κ1) is 12.2. The summed E-state index contributed by atoms with van der Waals surface area (Å²) in [5.41, 5.74) is 1.21. The molecule has 0 aromatic heterocycles. The number of fused-ring (bicyclic) bond motifs is 1. The van der Waals surface area contributed by atoms with E-state index in [0.717, 1.165) is 13.0 Å². The molecule has 1 heterocycles. The minimum atomic E-state index is -0.217. The van der Waals surface area contributed by atoms with E-state index in [1.54, 1.807) is 0 Å². The Kier molecular flexibility index (Phi) is 3.22. The van der Waals surface area contributed by atoms with Crippen molar-refractivity contribution in [3.63, 3.8) is 0 Å². The predicted molar refractivity (Wildman–Crippen MR) is 75.1 cm³/mol. The van der Waals surface area contributed by atoms with Crippen molar-refractivity contribution in [1.82, 2.24) is 5.32 Å². The van der Waals surface area contributed by atoms with Gasteiger partial charge in [-0.3, -0.25) is 4.79 Å². The second-order valence-electron chi connectivity index (χ2n) is 4.96. The van der Waals surface area contributed by atoms with E-state index in [-0.39, 0.29) is 17.9 Å². The van der Waals surface area contributed by atoms with Gasteiger partial charge >= 0.3 is 5.97 Å². The number of carbonyl (C=O) groups is 1. The predicted octanol–water partition coefficient (Wildman–Crippen LogP) is 2.46. The van der Waals surface area contributed by atoms with Crippen molar-refractivity contribution in [3.05, 3.63) is 48.0 Å². The molecule has 19 heavy (non-hydrogen) atoms. The van der Waals surface area contributed by atoms with Crippen LogP contribution in [-0.2, 0) is 9.53 Å². The van der Waals surface area contributed by atoms with E-state index >= 15 is 0 Å². The first-order valence-corrected chi connectivity index (χ1v) is 6.59. The largest absolute Gasteiger partial charge is 0.468 e. The number of esters is 1. The lowest BCUT2D eigenvalue weighted by molar-refractivity contribution is -0.143. The van der Waals surface area contributed by atoms with Crippen LogP contribution in [0.4, 0.5) is 0 Å². The lowest BCUT2D eigenvalue weighted by Gasteiger charge is -2.18. The molecule has 2 aromatic rings. The summed E-state index contributed by atoms with van der Waals surface area (Å²) in [4.78, 5) is 11.8. The molecule has 98 valence electrons. The molecule has 1 saturated heterocycles. The zero-order chi connectivity index (χ0) is 13.2. The van der Waals surface area contributed by atoms with Gasteiger partial charge in [-0.05, 0) is 29.3 Å². The molecule has 3 heteroatoms. The van der Waals surface area contributed by atoms with E-state index in [9.17, 15) is 4.79 Å². The Morgan fingerprint density at radius 1 is 1.21 bits per heavy atom. The molecule has 2 aromatic carbocycles. The van der Waals surface area contributed by atoms with Gasteiger partial charge in [0.15, 0.2) is 0 Å². The highest BCUT2D eigenvalue weighted by atomic mass is 16.5. The first-order chi connectivity index (χ1) is 9.29. The van der Waals surface area contributed by atoms with Crippen LogP contribution in [0.3, 0.4) is 0 Å². The molecule has 1 aliphatic heterocycles. The molecule has 0 radical (unpaired) electrons.